The van der Waals surface area contributed by atoms with E-state index in [1.54, 1.807) is 6.92 Å². The molecule has 0 aromatic carbocycles. The maximum atomic E-state index is 11.7. The Labute approximate surface area is 115 Å². The Hall–Kier alpha value is -0.630. The Bertz CT molecular complexity index is 422. The second kappa shape index (κ2) is 6.51. The minimum absolute atomic E-state index is 0.0310. The third-order valence-electron chi connectivity index (χ3n) is 2.64. The van der Waals surface area contributed by atoms with Crippen LogP contribution in [0.4, 0.5) is 4.79 Å². The molecular weight excluding hydrogens is 326 g/mol. The molecular formula is C10H16BrNO5S. The first-order chi connectivity index (χ1) is 8.39. The number of hydrogen-bond donors (Lipinski definition) is 0. The van der Waals surface area contributed by atoms with Gasteiger partial charge in [0.2, 0.25) is 0 Å². The smallest absolute Gasteiger partial charge is 0.410 e. The van der Waals surface area contributed by atoms with Crippen LogP contribution in [0.25, 0.3) is 0 Å². The van der Waals surface area contributed by atoms with Gasteiger partial charge in [-0.05, 0) is 6.92 Å². The largest absolute Gasteiger partial charge is 0.450 e. The average Bonchev–Trinajstić information content (AvgIpc) is 2.28. The van der Waals surface area contributed by atoms with Gasteiger partial charge in [-0.15, -0.1) is 0 Å². The van der Waals surface area contributed by atoms with E-state index in [0.29, 0.717) is 0 Å². The second-order valence-electron chi connectivity index (χ2n) is 4.04. The molecule has 1 saturated heterocycles. The van der Waals surface area contributed by atoms with Crippen LogP contribution in [-0.2, 0) is 19.4 Å². The highest BCUT2D eigenvalue weighted by Crippen LogP contribution is 2.17. The summed E-state index contributed by atoms with van der Waals surface area (Å²) < 4.78 is 28.0. The molecule has 1 heterocycles. The highest BCUT2D eigenvalue weighted by Gasteiger charge is 2.35. The summed E-state index contributed by atoms with van der Waals surface area (Å²) in [5.41, 5.74) is 0. The summed E-state index contributed by atoms with van der Waals surface area (Å²) in [5, 5.41) is 0.153. The van der Waals surface area contributed by atoms with Crippen LogP contribution in [0.1, 0.15) is 13.3 Å². The van der Waals surface area contributed by atoms with E-state index in [-0.39, 0.29) is 42.2 Å². The first-order valence-corrected chi connectivity index (χ1v) is 8.55. The predicted octanol–water partition coefficient (Wildman–Crippen LogP) is 0.596. The molecule has 0 saturated carbocycles. The Morgan fingerprint density at radius 1 is 1.44 bits per heavy atom. The number of hydrogen-bond acceptors (Lipinski definition) is 5. The lowest BCUT2D eigenvalue weighted by molar-refractivity contribution is -0.117. The Balaban J connectivity index is 2.80. The zero-order valence-corrected chi connectivity index (χ0v) is 12.5. The molecule has 0 N–H and O–H groups in total. The first kappa shape index (κ1) is 15.4. The molecule has 1 amide bonds. The molecule has 18 heavy (non-hydrogen) atoms. The minimum Gasteiger partial charge on any atom is -0.450 e. The van der Waals surface area contributed by atoms with Gasteiger partial charge >= 0.3 is 6.09 Å². The van der Waals surface area contributed by atoms with Crippen molar-refractivity contribution in [1.29, 1.82) is 0 Å². The number of ketones is 1. The lowest BCUT2D eigenvalue weighted by Crippen LogP contribution is -2.52. The normalized spacial score (nSPS) is 22.6. The summed E-state index contributed by atoms with van der Waals surface area (Å²) in [5.74, 6) is -0.388. The lowest BCUT2D eigenvalue weighted by atomic mass is 10.1. The van der Waals surface area contributed by atoms with Crippen molar-refractivity contribution in [3.63, 3.8) is 0 Å². The molecule has 1 rings (SSSR count). The van der Waals surface area contributed by atoms with Crippen LogP contribution in [0.15, 0.2) is 0 Å². The van der Waals surface area contributed by atoms with Crippen LogP contribution >= 0.6 is 15.9 Å². The van der Waals surface area contributed by atoms with Crippen molar-refractivity contribution in [2.45, 2.75) is 19.4 Å². The van der Waals surface area contributed by atoms with Crippen LogP contribution < -0.4 is 0 Å². The molecule has 1 unspecified atom stereocenters. The molecule has 0 radical (unpaired) electrons. The zero-order valence-electron chi connectivity index (χ0n) is 10.1. The molecule has 0 spiro atoms. The number of carbonyl (C=O) groups excluding carboxylic acids is 2. The maximum Gasteiger partial charge on any atom is 0.410 e. The van der Waals surface area contributed by atoms with E-state index in [2.05, 4.69) is 15.9 Å². The quantitative estimate of drug-likeness (QED) is 0.699. The molecule has 0 aromatic rings. The Morgan fingerprint density at radius 2 is 2.11 bits per heavy atom. The highest BCUT2D eigenvalue weighted by molar-refractivity contribution is 9.09. The summed E-state index contributed by atoms with van der Waals surface area (Å²) in [6.45, 7) is 1.99. The minimum atomic E-state index is -3.18. The van der Waals surface area contributed by atoms with E-state index in [1.165, 1.54) is 4.90 Å². The van der Waals surface area contributed by atoms with E-state index in [0.717, 1.165) is 0 Å². The third-order valence-corrected chi connectivity index (χ3v) is 4.97. The van der Waals surface area contributed by atoms with Crippen molar-refractivity contribution in [2.75, 3.05) is 30.0 Å². The number of halogens is 1. The number of Topliss-reactive ketones (excluding diaryl/α,β-unsaturated/α-hetero) is 1. The summed E-state index contributed by atoms with van der Waals surface area (Å²) in [7, 11) is -3.18. The molecule has 104 valence electrons. The second-order valence-corrected chi connectivity index (χ2v) is 6.83. The van der Waals surface area contributed by atoms with Crippen molar-refractivity contribution in [2.24, 2.45) is 0 Å². The van der Waals surface area contributed by atoms with Gasteiger partial charge in [-0.2, -0.15) is 0 Å². The maximum absolute atomic E-state index is 11.7. The number of nitrogens with zero attached hydrogens (tertiary/aromatic N) is 1. The fraction of sp³-hybridized carbons (Fsp3) is 0.800. The van der Waals surface area contributed by atoms with Gasteiger partial charge < -0.3 is 9.64 Å². The molecule has 0 bridgehead atoms. The van der Waals surface area contributed by atoms with Crippen molar-refractivity contribution >= 4 is 37.6 Å². The van der Waals surface area contributed by atoms with Gasteiger partial charge in [-0.25, -0.2) is 13.2 Å². The van der Waals surface area contributed by atoms with Crippen LogP contribution in [0, 0.1) is 0 Å². The molecule has 1 fully saturated rings. The standard InChI is InChI=1S/C10H16BrNO5S/c1-2-17-10(14)12-3-4-18(15,16)7-8(12)5-9(13)6-11/h8H,2-7H2,1H3. The summed E-state index contributed by atoms with van der Waals surface area (Å²) in [6, 6.07) is -0.618. The van der Waals surface area contributed by atoms with Gasteiger partial charge in [0.1, 0.15) is 5.78 Å². The van der Waals surface area contributed by atoms with Crippen LogP contribution in [0.5, 0.6) is 0 Å². The fourth-order valence-electron chi connectivity index (χ4n) is 1.82. The van der Waals surface area contributed by atoms with E-state index < -0.39 is 22.0 Å². The van der Waals surface area contributed by atoms with Gasteiger partial charge in [0.15, 0.2) is 9.84 Å². The molecule has 0 aromatic heterocycles. The highest BCUT2D eigenvalue weighted by atomic mass is 79.9. The summed E-state index contributed by atoms with van der Waals surface area (Å²) >= 11 is 3.02. The van der Waals surface area contributed by atoms with E-state index in [4.69, 9.17) is 4.74 Å². The third kappa shape index (κ3) is 4.24. The van der Waals surface area contributed by atoms with Gasteiger partial charge in [0.25, 0.3) is 0 Å². The molecule has 1 aliphatic heterocycles. The zero-order chi connectivity index (χ0) is 13.8. The number of amides is 1. The van der Waals surface area contributed by atoms with Gasteiger partial charge in [0, 0.05) is 13.0 Å². The summed E-state index contributed by atoms with van der Waals surface area (Å²) in [4.78, 5) is 24.4. The average molecular weight is 342 g/mol. The molecule has 1 aliphatic rings. The van der Waals surface area contributed by atoms with Gasteiger partial charge in [0.05, 0.1) is 29.5 Å². The molecule has 8 heteroatoms. The molecule has 0 aliphatic carbocycles. The topological polar surface area (TPSA) is 80.8 Å². The number of alkyl halides is 1. The van der Waals surface area contributed by atoms with Crippen molar-refractivity contribution in [3.05, 3.63) is 0 Å². The Kier molecular flexibility index (Phi) is 5.58. The molecule has 1 atom stereocenters. The van der Waals surface area contributed by atoms with Crippen LogP contribution in [-0.4, -0.2) is 61.2 Å². The van der Waals surface area contributed by atoms with Crippen molar-refractivity contribution < 1.29 is 22.7 Å². The fourth-order valence-corrected chi connectivity index (χ4v) is 3.57. The number of carbonyl (C=O) groups is 2. The number of ether oxygens (including phenoxy) is 1. The monoisotopic (exact) mass is 341 g/mol. The van der Waals surface area contributed by atoms with Crippen molar-refractivity contribution in [1.82, 2.24) is 4.90 Å². The van der Waals surface area contributed by atoms with E-state index in [1.807, 2.05) is 0 Å². The van der Waals surface area contributed by atoms with Crippen molar-refractivity contribution in [3.8, 4) is 0 Å². The lowest BCUT2D eigenvalue weighted by Gasteiger charge is -2.34. The SMILES string of the molecule is CCOC(=O)N1CCS(=O)(=O)CC1CC(=O)CBr. The van der Waals surface area contributed by atoms with Crippen LogP contribution in [0.2, 0.25) is 0 Å². The van der Waals surface area contributed by atoms with Gasteiger partial charge in [-0.3, -0.25) is 4.79 Å². The number of rotatable bonds is 4. The molecule has 6 nitrogen and oxygen atoms in total. The van der Waals surface area contributed by atoms with Crippen LogP contribution in [0.3, 0.4) is 0 Å². The van der Waals surface area contributed by atoms with Gasteiger partial charge in [-0.1, -0.05) is 15.9 Å². The van der Waals surface area contributed by atoms with E-state index in [9.17, 15) is 18.0 Å². The first-order valence-electron chi connectivity index (χ1n) is 5.61. The number of sulfone groups is 1. The summed E-state index contributed by atoms with van der Waals surface area (Å²) in [6.07, 6.45) is -0.525. The Morgan fingerprint density at radius 3 is 2.67 bits per heavy atom. The van der Waals surface area contributed by atoms with E-state index >= 15 is 0 Å². The predicted molar refractivity (Wildman–Crippen MR) is 69.6 cm³/mol.